The first-order chi connectivity index (χ1) is 20.1. The zero-order valence-corrected chi connectivity index (χ0v) is 24.8. The maximum absolute atomic E-state index is 13.3. The predicted octanol–water partition coefficient (Wildman–Crippen LogP) is 0.650. The average molecular weight is 628 g/mol. The summed E-state index contributed by atoms with van der Waals surface area (Å²) in [6.07, 6.45) is -9.04. The predicted molar refractivity (Wildman–Crippen MR) is 157 cm³/mol. The van der Waals surface area contributed by atoms with E-state index in [4.69, 9.17) is 19.9 Å². The second-order valence-electron chi connectivity index (χ2n) is 10.4. The Morgan fingerprint density at radius 3 is 2.52 bits per heavy atom. The molecule has 8 N–H and O–H groups in total. The van der Waals surface area contributed by atoms with Gasteiger partial charge in [-0.2, -0.15) is 0 Å². The van der Waals surface area contributed by atoms with E-state index < -0.39 is 61.0 Å². The summed E-state index contributed by atoms with van der Waals surface area (Å²) in [5, 5.41) is 65.9. The number of hydrogen-bond donors (Lipinski definition) is 7. The third kappa shape index (κ3) is 6.23. The molecule has 1 saturated heterocycles. The van der Waals surface area contributed by atoms with Crippen molar-refractivity contribution in [2.75, 3.05) is 25.2 Å². The van der Waals surface area contributed by atoms with Crippen LogP contribution in [0.25, 0.3) is 10.8 Å². The zero-order valence-electron chi connectivity index (χ0n) is 23.2. The smallest absolute Gasteiger partial charge is 0.229 e. The van der Waals surface area contributed by atoms with E-state index >= 15 is 0 Å². The van der Waals surface area contributed by atoms with Crippen LogP contribution in [0.1, 0.15) is 34.3 Å². The molecule has 0 unspecified atom stereocenters. The van der Waals surface area contributed by atoms with Crippen LogP contribution in [0, 0.1) is 18.8 Å². The molecular formula is C28H37NO11S2. The number of Topliss-reactive ketones (excluding diaryl/α,β-unsaturated/α-hetero) is 1. The molecule has 14 heteroatoms. The first kappa shape index (κ1) is 32.8. The van der Waals surface area contributed by atoms with Crippen LogP contribution >= 0.6 is 21.6 Å². The van der Waals surface area contributed by atoms with Crippen LogP contribution in [0.3, 0.4) is 0 Å². The number of carbonyl (C=O) groups is 2. The molecule has 232 valence electrons. The minimum absolute atomic E-state index is 0.0397. The maximum atomic E-state index is 13.3. The third-order valence-corrected chi connectivity index (χ3v) is 10.4. The van der Waals surface area contributed by atoms with Crippen LogP contribution in [0.5, 0.6) is 17.2 Å². The lowest BCUT2D eigenvalue weighted by atomic mass is 9.81. The number of aryl methyl sites for hydroxylation is 1. The molecule has 4 rings (SSSR count). The van der Waals surface area contributed by atoms with Gasteiger partial charge in [-0.3, -0.25) is 4.79 Å². The van der Waals surface area contributed by atoms with Crippen LogP contribution in [0.4, 0.5) is 0 Å². The fraction of sp³-hybridized carbons (Fsp3) is 0.571. The number of aliphatic hydroxyl groups excluding tert-OH is 5. The Kier molecular flexibility index (Phi) is 11.0. The Morgan fingerprint density at radius 2 is 1.88 bits per heavy atom. The van der Waals surface area contributed by atoms with Gasteiger partial charge in [-0.25, -0.2) is 0 Å². The third-order valence-electron chi connectivity index (χ3n) is 7.97. The molecule has 0 radical (unpaired) electrons. The number of aromatic hydroxyl groups is 1. The molecule has 12 nitrogen and oxygen atoms in total. The minimum Gasteiger partial charge on any atom is -0.506 e. The molecular weight excluding hydrogens is 590 g/mol. The molecule has 0 spiro atoms. The van der Waals surface area contributed by atoms with Crippen molar-refractivity contribution in [1.29, 1.82) is 0 Å². The summed E-state index contributed by atoms with van der Waals surface area (Å²) in [4.78, 5) is 24.7. The fourth-order valence-electron chi connectivity index (χ4n) is 5.64. The highest BCUT2D eigenvalue weighted by atomic mass is 33.1. The lowest BCUT2D eigenvalue weighted by Crippen LogP contribution is -2.63. The number of hydrogen-bond acceptors (Lipinski definition) is 14. The molecule has 2 aliphatic heterocycles. The number of carbonyl (C=O) groups excluding carboxylic acids is 2. The Bertz CT molecular complexity index is 1290. The average Bonchev–Trinajstić information content (AvgIpc) is 2.96. The van der Waals surface area contributed by atoms with Gasteiger partial charge in [0, 0.05) is 41.9 Å². The lowest BCUT2D eigenvalue weighted by Gasteiger charge is -2.44. The van der Waals surface area contributed by atoms with Crippen LogP contribution in [0.15, 0.2) is 12.1 Å². The van der Waals surface area contributed by atoms with Crippen molar-refractivity contribution in [3.63, 3.8) is 0 Å². The van der Waals surface area contributed by atoms with Crippen molar-refractivity contribution in [2.24, 2.45) is 17.6 Å². The van der Waals surface area contributed by atoms with Crippen molar-refractivity contribution in [3.05, 3.63) is 28.8 Å². The molecule has 0 aliphatic carbocycles. The van der Waals surface area contributed by atoms with E-state index in [-0.39, 0.29) is 53.4 Å². The van der Waals surface area contributed by atoms with E-state index in [9.17, 15) is 40.2 Å². The highest BCUT2D eigenvalue weighted by Crippen LogP contribution is 2.45. The summed E-state index contributed by atoms with van der Waals surface area (Å²) in [6, 6.07) is 2.98. The van der Waals surface area contributed by atoms with Crippen LogP contribution < -0.4 is 15.2 Å². The van der Waals surface area contributed by atoms with Crippen molar-refractivity contribution in [3.8, 4) is 17.2 Å². The van der Waals surface area contributed by atoms with Gasteiger partial charge in [0.2, 0.25) is 6.29 Å². The standard InChI is InChI=1S/C28H37NO11S2/c1-12-7-14-15(10-31)18(38-2)8-19-21(14)23(34)20(12)17(32)4-6-41-42-11-16(13(9-29)3-5-30)22(33)27-25(36)24(35)26(37)28(39-19)40-27/h5,7-8,13,16,22,24-28,31,33-37H,3-4,6,9-11,29H2,1-2H3/t13-,16-,22+,24-,25-,26+,27-,28-/m0/s1. The molecule has 2 aliphatic rings. The van der Waals surface area contributed by atoms with Crippen LogP contribution in [-0.2, 0) is 16.1 Å². The summed E-state index contributed by atoms with van der Waals surface area (Å²) in [5.74, 6) is -1.15. The van der Waals surface area contributed by atoms with Crippen molar-refractivity contribution >= 4 is 44.4 Å². The van der Waals surface area contributed by atoms with Gasteiger partial charge in [0.1, 0.15) is 48.0 Å². The second kappa shape index (κ2) is 14.1. The number of methoxy groups -OCH3 is 1. The molecule has 8 atom stereocenters. The van der Waals surface area contributed by atoms with Gasteiger partial charge in [-0.1, -0.05) is 21.6 Å². The Balaban J connectivity index is 1.89. The Hall–Kier alpha value is -2.14. The molecule has 4 bridgehead atoms. The fourth-order valence-corrected chi connectivity index (χ4v) is 8.11. The van der Waals surface area contributed by atoms with E-state index in [2.05, 4.69) is 0 Å². The van der Waals surface area contributed by atoms with Gasteiger partial charge >= 0.3 is 0 Å². The molecule has 0 aromatic heterocycles. The highest BCUT2D eigenvalue weighted by Gasteiger charge is 2.50. The summed E-state index contributed by atoms with van der Waals surface area (Å²) in [6.45, 7) is 1.25. The minimum atomic E-state index is -1.80. The van der Waals surface area contributed by atoms with Crippen molar-refractivity contribution < 1.29 is 54.4 Å². The molecule has 2 heterocycles. The number of benzene rings is 2. The second-order valence-corrected chi connectivity index (χ2v) is 13.1. The molecule has 0 saturated carbocycles. The number of fused-ring (bicyclic) bond motifs is 3. The lowest BCUT2D eigenvalue weighted by molar-refractivity contribution is -0.292. The molecule has 2 aromatic carbocycles. The molecule has 2 aromatic rings. The molecule has 0 amide bonds. The number of nitrogens with two attached hydrogens (primary N) is 1. The first-order valence-corrected chi connectivity index (χ1v) is 16.0. The van der Waals surface area contributed by atoms with Crippen LogP contribution in [0.2, 0.25) is 0 Å². The molecule has 42 heavy (non-hydrogen) atoms. The van der Waals surface area contributed by atoms with Gasteiger partial charge in [0.25, 0.3) is 0 Å². The number of ether oxygens (including phenoxy) is 3. The van der Waals surface area contributed by atoms with Crippen molar-refractivity contribution in [2.45, 2.75) is 63.2 Å². The van der Waals surface area contributed by atoms with Gasteiger partial charge in [-0.15, -0.1) is 0 Å². The number of aldehydes is 1. The van der Waals surface area contributed by atoms with E-state index in [0.29, 0.717) is 28.6 Å². The highest BCUT2D eigenvalue weighted by molar-refractivity contribution is 8.76. The van der Waals surface area contributed by atoms with Crippen LogP contribution in [-0.4, -0.2) is 105 Å². The SMILES string of the molecule is COc1cc2c3c(O)c(c(C)cc3c1CO)C(=O)CCSSC[C@@H]([C@H](CN)CC=O)[C@@H](O)[C@@H]1O[C@H](O2)[C@H](O)[C@@H](O)[C@@H]1O. The Labute approximate surface area is 250 Å². The van der Waals surface area contributed by atoms with E-state index in [1.54, 1.807) is 13.0 Å². The van der Waals surface area contributed by atoms with E-state index in [1.807, 2.05) is 0 Å². The van der Waals surface area contributed by atoms with Gasteiger partial charge in [-0.05, 0) is 36.4 Å². The molecule has 1 fully saturated rings. The quantitative estimate of drug-likeness (QED) is 0.173. The summed E-state index contributed by atoms with van der Waals surface area (Å²) < 4.78 is 17.4. The number of aliphatic hydroxyl groups is 5. The number of phenols is 1. The van der Waals surface area contributed by atoms with E-state index in [1.165, 1.54) is 34.8 Å². The summed E-state index contributed by atoms with van der Waals surface area (Å²) in [5.41, 5.74) is 6.79. The van der Waals surface area contributed by atoms with Crippen molar-refractivity contribution in [1.82, 2.24) is 0 Å². The zero-order chi connectivity index (χ0) is 30.7. The number of ketones is 1. The summed E-state index contributed by atoms with van der Waals surface area (Å²) in [7, 11) is 4.08. The number of phenolic OH excluding ortho intramolecular Hbond substituents is 1. The topological polar surface area (TPSA) is 209 Å². The van der Waals surface area contributed by atoms with E-state index in [0.717, 1.165) is 0 Å². The Morgan fingerprint density at radius 1 is 1.14 bits per heavy atom. The van der Waals surface area contributed by atoms with Gasteiger partial charge in [0.05, 0.1) is 30.8 Å². The number of rotatable bonds is 6. The van der Waals surface area contributed by atoms with Gasteiger partial charge in [0.15, 0.2) is 5.78 Å². The monoisotopic (exact) mass is 627 g/mol. The largest absolute Gasteiger partial charge is 0.506 e. The normalized spacial score (nSPS) is 29.7. The maximum Gasteiger partial charge on any atom is 0.229 e. The van der Waals surface area contributed by atoms with Gasteiger partial charge < -0.3 is 55.4 Å². The summed E-state index contributed by atoms with van der Waals surface area (Å²) >= 11 is 0. The first-order valence-electron chi connectivity index (χ1n) is 13.5.